The molecule has 0 N–H and O–H groups in total. The summed E-state index contributed by atoms with van der Waals surface area (Å²) in [5.74, 6) is 1.09. The summed E-state index contributed by atoms with van der Waals surface area (Å²) in [4.78, 5) is 12.4. The molecule has 0 aromatic carbocycles. The molecule has 0 aliphatic heterocycles. The molecule has 1 atom stereocenters. The number of carbonyl (C=O) groups excluding carboxylic acids is 1. The van der Waals surface area contributed by atoms with Crippen molar-refractivity contribution in [1.29, 1.82) is 0 Å². The van der Waals surface area contributed by atoms with Crippen LogP contribution in [0.2, 0.25) is 0 Å². The van der Waals surface area contributed by atoms with Crippen molar-refractivity contribution in [3.05, 3.63) is 24.3 Å². The number of carbonyl (C=O) groups is 1. The molecule has 0 aromatic heterocycles. The summed E-state index contributed by atoms with van der Waals surface area (Å²) in [5, 5.41) is 0. The molecule has 2 aliphatic carbocycles. The van der Waals surface area contributed by atoms with E-state index >= 15 is 0 Å². The summed E-state index contributed by atoms with van der Waals surface area (Å²) in [6.07, 6.45) is 13.6. The summed E-state index contributed by atoms with van der Waals surface area (Å²) in [5.41, 5.74) is 1.08. The molecule has 0 heterocycles. The third kappa shape index (κ3) is 2.45. The molecular formula is C15H22O. The lowest BCUT2D eigenvalue weighted by Crippen LogP contribution is -2.24. The second-order valence-corrected chi connectivity index (χ2v) is 5.13. The highest BCUT2D eigenvalue weighted by Crippen LogP contribution is 2.33. The van der Waals surface area contributed by atoms with Crippen LogP contribution in [0.1, 0.15) is 51.4 Å². The summed E-state index contributed by atoms with van der Waals surface area (Å²) in [6, 6.07) is 0. The van der Waals surface area contributed by atoms with E-state index in [1.807, 2.05) is 6.08 Å². The maximum atomic E-state index is 12.4. The Morgan fingerprint density at radius 1 is 1.19 bits per heavy atom. The van der Waals surface area contributed by atoms with Crippen molar-refractivity contribution in [3.8, 4) is 0 Å². The standard InChI is InChI=1S/C15H22O/c1-2-12-8-6-7-11-14(12)15(16)13-9-4-3-5-10-13/h2,11-13H,1,3-10H2. The summed E-state index contributed by atoms with van der Waals surface area (Å²) in [6.45, 7) is 3.87. The van der Waals surface area contributed by atoms with Crippen molar-refractivity contribution in [3.63, 3.8) is 0 Å². The molecule has 1 fully saturated rings. The Labute approximate surface area is 98.6 Å². The third-order valence-corrected chi connectivity index (χ3v) is 4.03. The van der Waals surface area contributed by atoms with Gasteiger partial charge in [-0.05, 0) is 37.7 Å². The highest BCUT2D eigenvalue weighted by Gasteiger charge is 2.28. The van der Waals surface area contributed by atoms with Gasteiger partial charge in [0.2, 0.25) is 0 Å². The van der Waals surface area contributed by atoms with Gasteiger partial charge in [0.15, 0.2) is 5.78 Å². The fourth-order valence-corrected chi connectivity index (χ4v) is 3.03. The molecule has 16 heavy (non-hydrogen) atoms. The summed E-state index contributed by atoms with van der Waals surface area (Å²) < 4.78 is 0. The number of rotatable bonds is 3. The largest absolute Gasteiger partial charge is 0.294 e. The van der Waals surface area contributed by atoms with Gasteiger partial charge in [0.05, 0.1) is 0 Å². The quantitative estimate of drug-likeness (QED) is 0.653. The monoisotopic (exact) mass is 218 g/mol. The van der Waals surface area contributed by atoms with E-state index < -0.39 is 0 Å². The average Bonchev–Trinajstić information content (AvgIpc) is 2.39. The molecule has 1 nitrogen and oxygen atoms in total. The van der Waals surface area contributed by atoms with Crippen LogP contribution in [0.4, 0.5) is 0 Å². The van der Waals surface area contributed by atoms with Gasteiger partial charge in [-0.2, -0.15) is 0 Å². The van der Waals surface area contributed by atoms with Gasteiger partial charge in [-0.1, -0.05) is 31.4 Å². The van der Waals surface area contributed by atoms with E-state index in [9.17, 15) is 4.79 Å². The van der Waals surface area contributed by atoms with E-state index in [1.165, 1.54) is 25.7 Å². The number of allylic oxidation sites excluding steroid dienone is 3. The molecule has 1 unspecified atom stereocenters. The van der Waals surface area contributed by atoms with Crippen LogP contribution in [0, 0.1) is 11.8 Å². The van der Waals surface area contributed by atoms with Crippen LogP contribution >= 0.6 is 0 Å². The van der Waals surface area contributed by atoms with E-state index in [1.54, 1.807) is 0 Å². The summed E-state index contributed by atoms with van der Waals surface area (Å²) in [7, 11) is 0. The van der Waals surface area contributed by atoms with Crippen LogP contribution in [0.15, 0.2) is 24.3 Å². The Morgan fingerprint density at radius 2 is 1.94 bits per heavy atom. The van der Waals surface area contributed by atoms with Crippen LogP contribution in [0.25, 0.3) is 0 Å². The number of hydrogen-bond acceptors (Lipinski definition) is 1. The molecule has 0 radical (unpaired) electrons. The van der Waals surface area contributed by atoms with Crippen molar-refractivity contribution in [1.82, 2.24) is 0 Å². The maximum Gasteiger partial charge on any atom is 0.162 e. The minimum Gasteiger partial charge on any atom is -0.294 e. The predicted molar refractivity (Wildman–Crippen MR) is 67.2 cm³/mol. The highest BCUT2D eigenvalue weighted by atomic mass is 16.1. The highest BCUT2D eigenvalue weighted by molar-refractivity contribution is 5.98. The van der Waals surface area contributed by atoms with Gasteiger partial charge in [0.25, 0.3) is 0 Å². The lowest BCUT2D eigenvalue weighted by Gasteiger charge is -2.26. The topological polar surface area (TPSA) is 17.1 Å². The first-order valence-corrected chi connectivity index (χ1v) is 6.69. The predicted octanol–water partition coefficient (Wildman–Crippen LogP) is 4.05. The molecule has 0 aromatic rings. The van der Waals surface area contributed by atoms with E-state index in [0.29, 0.717) is 17.6 Å². The van der Waals surface area contributed by atoms with Crippen LogP contribution in [-0.4, -0.2) is 5.78 Å². The molecule has 2 aliphatic rings. The molecule has 0 amide bonds. The van der Waals surface area contributed by atoms with Gasteiger partial charge < -0.3 is 0 Å². The second-order valence-electron chi connectivity index (χ2n) is 5.13. The van der Waals surface area contributed by atoms with Crippen LogP contribution in [-0.2, 0) is 4.79 Å². The molecule has 2 rings (SSSR count). The molecule has 1 saturated carbocycles. The average molecular weight is 218 g/mol. The van der Waals surface area contributed by atoms with Gasteiger partial charge >= 0.3 is 0 Å². The van der Waals surface area contributed by atoms with Gasteiger partial charge in [-0.3, -0.25) is 4.79 Å². The lowest BCUT2D eigenvalue weighted by atomic mass is 9.77. The molecule has 0 bridgehead atoms. The minimum atomic E-state index is 0.320. The number of Topliss-reactive ketones (excluding diaryl/α,β-unsaturated/α-hetero) is 1. The second kappa shape index (κ2) is 5.47. The Bertz CT molecular complexity index is 295. The number of hydrogen-bond donors (Lipinski definition) is 0. The SMILES string of the molecule is C=CC1CCCC=C1C(=O)C1CCCCC1. The van der Waals surface area contributed by atoms with Crippen molar-refractivity contribution in [2.24, 2.45) is 11.8 Å². The van der Waals surface area contributed by atoms with E-state index in [-0.39, 0.29) is 0 Å². The Hall–Kier alpha value is -0.850. The Kier molecular flexibility index (Phi) is 3.98. The Balaban J connectivity index is 2.06. The normalized spacial score (nSPS) is 27.2. The zero-order valence-corrected chi connectivity index (χ0v) is 10.1. The smallest absolute Gasteiger partial charge is 0.162 e. The molecule has 88 valence electrons. The van der Waals surface area contributed by atoms with Crippen molar-refractivity contribution >= 4 is 5.78 Å². The van der Waals surface area contributed by atoms with Gasteiger partial charge in [0.1, 0.15) is 0 Å². The van der Waals surface area contributed by atoms with Crippen LogP contribution < -0.4 is 0 Å². The zero-order valence-electron chi connectivity index (χ0n) is 10.1. The first kappa shape index (κ1) is 11.6. The maximum absolute atomic E-state index is 12.4. The molecule has 0 spiro atoms. The first-order valence-electron chi connectivity index (χ1n) is 6.69. The van der Waals surface area contributed by atoms with E-state index in [0.717, 1.165) is 31.3 Å². The van der Waals surface area contributed by atoms with Crippen molar-refractivity contribution in [2.75, 3.05) is 0 Å². The number of ketones is 1. The minimum absolute atomic E-state index is 0.320. The third-order valence-electron chi connectivity index (χ3n) is 4.03. The Morgan fingerprint density at radius 3 is 2.62 bits per heavy atom. The molecule has 1 heteroatoms. The van der Waals surface area contributed by atoms with Gasteiger partial charge in [-0.15, -0.1) is 6.58 Å². The van der Waals surface area contributed by atoms with E-state index in [4.69, 9.17) is 0 Å². The van der Waals surface area contributed by atoms with Gasteiger partial charge in [0, 0.05) is 11.8 Å². The fraction of sp³-hybridized carbons (Fsp3) is 0.667. The van der Waals surface area contributed by atoms with Crippen molar-refractivity contribution < 1.29 is 4.79 Å². The van der Waals surface area contributed by atoms with Crippen LogP contribution in [0.3, 0.4) is 0 Å². The van der Waals surface area contributed by atoms with E-state index in [2.05, 4.69) is 12.7 Å². The lowest BCUT2D eigenvalue weighted by molar-refractivity contribution is -0.120. The summed E-state index contributed by atoms with van der Waals surface area (Å²) >= 11 is 0. The van der Waals surface area contributed by atoms with Crippen LogP contribution in [0.5, 0.6) is 0 Å². The molecule has 0 saturated heterocycles. The fourth-order valence-electron chi connectivity index (χ4n) is 3.03. The van der Waals surface area contributed by atoms with Crippen molar-refractivity contribution in [2.45, 2.75) is 51.4 Å². The van der Waals surface area contributed by atoms with Gasteiger partial charge in [-0.25, -0.2) is 0 Å². The molecular weight excluding hydrogens is 196 g/mol. The first-order chi connectivity index (χ1) is 7.83. The zero-order chi connectivity index (χ0) is 11.4.